The van der Waals surface area contributed by atoms with Crippen molar-refractivity contribution >= 4 is 5.91 Å². The van der Waals surface area contributed by atoms with Gasteiger partial charge in [0.25, 0.3) is 5.91 Å². The standard InChI is InChI=1S/C20H24N2O5/c1-25-17-4-3-5-18(19(17)26-2)27-16-8-6-14(7-9-16)22-20(24)13-10-15(23)12-21-11-13/h3-5,10-12,14,16,23H,6-9H2,1-2H3,(H,22,24). The highest BCUT2D eigenvalue weighted by Gasteiger charge is 2.25. The number of para-hydroxylation sites is 1. The largest absolute Gasteiger partial charge is 0.506 e. The normalized spacial score (nSPS) is 19.2. The number of benzene rings is 1. The molecule has 1 heterocycles. The summed E-state index contributed by atoms with van der Waals surface area (Å²) in [5, 5.41) is 12.4. The third-order valence-electron chi connectivity index (χ3n) is 4.66. The summed E-state index contributed by atoms with van der Waals surface area (Å²) >= 11 is 0. The highest BCUT2D eigenvalue weighted by atomic mass is 16.5. The van der Waals surface area contributed by atoms with Crippen LogP contribution in [0, 0.1) is 0 Å². The van der Waals surface area contributed by atoms with Crippen molar-refractivity contribution < 1.29 is 24.1 Å². The summed E-state index contributed by atoms with van der Waals surface area (Å²) < 4.78 is 16.8. The number of aromatic nitrogens is 1. The Bertz CT molecular complexity index is 788. The fourth-order valence-electron chi connectivity index (χ4n) is 3.28. The first-order valence-corrected chi connectivity index (χ1v) is 8.93. The molecular weight excluding hydrogens is 348 g/mol. The van der Waals surface area contributed by atoms with Gasteiger partial charge in [-0.3, -0.25) is 9.78 Å². The van der Waals surface area contributed by atoms with Crippen LogP contribution in [0.3, 0.4) is 0 Å². The molecular formula is C20H24N2O5. The average molecular weight is 372 g/mol. The number of methoxy groups -OCH3 is 2. The van der Waals surface area contributed by atoms with Crippen LogP contribution in [0.15, 0.2) is 36.7 Å². The molecule has 0 bridgehead atoms. The smallest absolute Gasteiger partial charge is 0.253 e. The zero-order chi connectivity index (χ0) is 19.2. The molecule has 0 saturated heterocycles. The number of hydrogen-bond donors (Lipinski definition) is 2. The number of amides is 1. The van der Waals surface area contributed by atoms with Gasteiger partial charge in [-0.1, -0.05) is 6.07 Å². The van der Waals surface area contributed by atoms with Gasteiger partial charge in [-0.05, 0) is 43.9 Å². The molecule has 0 aliphatic heterocycles. The average Bonchev–Trinajstić information content (AvgIpc) is 2.69. The van der Waals surface area contributed by atoms with E-state index in [1.54, 1.807) is 14.2 Å². The molecule has 3 rings (SSSR count). The minimum absolute atomic E-state index is 0.0213. The second-order valence-electron chi connectivity index (χ2n) is 6.49. The topological polar surface area (TPSA) is 89.9 Å². The lowest BCUT2D eigenvalue weighted by Gasteiger charge is -2.30. The van der Waals surface area contributed by atoms with Crippen LogP contribution in [-0.4, -0.2) is 42.4 Å². The third-order valence-corrected chi connectivity index (χ3v) is 4.66. The molecule has 1 amide bonds. The maximum absolute atomic E-state index is 12.3. The molecule has 1 fully saturated rings. The summed E-state index contributed by atoms with van der Waals surface area (Å²) in [4.78, 5) is 16.1. The minimum atomic E-state index is -0.225. The molecule has 1 saturated carbocycles. The van der Waals surface area contributed by atoms with Gasteiger partial charge in [0.05, 0.1) is 32.1 Å². The van der Waals surface area contributed by atoms with Crippen LogP contribution in [0.25, 0.3) is 0 Å². The van der Waals surface area contributed by atoms with E-state index in [4.69, 9.17) is 14.2 Å². The number of aromatic hydroxyl groups is 1. The molecule has 1 aliphatic rings. The van der Waals surface area contributed by atoms with E-state index in [1.165, 1.54) is 18.5 Å². The summed E-state index contributed by atoms with van der Waals surface area (Å²) in [6.07, 6.45) is 6.07. The predicted octanol–water partition coefficient (Wildman–Crippen LogP) is 2.92. The monoisotopic (exact) mass is 372 g/mol. The van der Waals surface area contributed by atoms with Crippen molar-refractivity contribution in [3.05, 3.63) is 42.2 Å². The fraction of sp³-hybridized carbons (Fsp3) is 0.400. The van der Waals surface area contributed by atoms with E-state index in [9.17, 15) is 9.90 Å². The molecule has 0 radical (unpaired) electrons. The fourth-order valence-corrected chi connectivity index (χ4v) is 3.28. The zero-order valence-electron chi connectivity index (χ0n) is 15.5. The molecule has 0 spiro atoms. The van der Waals surface area contributed by atoms with Gasteiger partial charge in [0, 0.05) is 12.2 Å². The first-order chi connectivity index (χ1) is 13.1. The van der Waals surface area contributed by atoms with Gasteiger partial charge in [-0.2, -0.15) is 0 Å². The van der Waals surface area contributed by atoms with Crippen LogP contribution in [0.4, 0.5) is 0 Å². The molecule has 7 nitrogen and oxygen atoms in total. The quantitative estimate of drug-likeness (QED) is 0.810. The molecule has 2 aromatic rings. The zero-order valence-corrected chi connectivity index (χ0v) is 15.5. The van der Waals surface area contributed by atoms with E-state index >= 15 is 0 Å². The number of hydrogen-bond acceptors (Lipinski definition) is 6. The predicted molar refractivity (Wildman–Crippen MR) is 99.6 cm³/mol. The van der Waals surface area contributed by atoms with Gasteiger partial charge >= 0.3 is 0 Å². The van der Waals surface area contributed by atoms with Crippen LogP contribution in [0.1, 0.15) is 36.0 Å². The highest BCUT2D eigenvalue weighted by molar-refractivity contribution is 5.94. The van der Waals surface area contributed by atoms with E-state index < -0.39 is 0 Å². The molecule has 1 aromatic carbocycles. The van der Waals surface area contributed by atoms with Crippen molar-refractivity contribution in [2.75, 3.05) is 14.2 Å². The Hall–Kier alpha value is -2.96. The Balaban J connectivity index is 1.54. The van der Waals surface area contributed by atoms with Crippen molar-refractivity contribution in [1.82, 2.24) is 10.3 Å². The number of nitrogens with one attached hydrogen (secondary N) is 1. The van der Waals surface area contributed by atoms with E-state index in [2.05, 4.69) is 10.3 Å². The van der Waals surface area contributed by atoms with Crippen molar-refractivity contribution in [2.45, 2.75) is 37.8 Å². The number of nitrogens with zero attached hydrogens (tertiary/aromatic N) is 1. The van der Waals surface area contributed by atoms with Crippen LogP contribution in [0.5, 0.6) is 23.0 Å². The highest BCUT2D eigenvalue weighted by Crippen LogP contribution is 2.38. The van der Waals surface area contributed by atoms with Crippen molar-refractivity contribution in [3.8, 4) is 23.0 Å². The first kappa shape index (κ1) is 18.8. The number of ether oxygens (including phenoxy) is 3. The second-order valence-corrected chi connectivity index (χ2v) is 6.49. The summed E-state index contributed by atoms with van der Waals surface area (Å²) in [5.74, 6) is 1.64. The molecule has 1 aromatic heterocycles. The lowest BCUT2D eigenvalue weighted by atomic mass is 9.92. The third kappa shape index (κ3) is 4.61. The number of carbonyl (C=O) groups excluding carboxylic acids is 1. The molecule has 144 valence electrons. The van der Waals surface area contributed by atoms with Gasteiger partial charge < -0.3 is 24.6 Å². The lowest BCUT2D eigenvalue weighted by molar-refractivity contribution is 0.0890. The maximum atomic E-state index is 12.3. The Kier molecular flexibility index (Phi) is 6.01. The number of rotatable bonds is 6. The molecule has 1 aliphatic carbocycles. The van der Waals surface area contributed by atoms with E-state index in [1.807, 2.05) is 18.2 Å². The SMILES string of the molecule is COc1cccc(OC2CCC(NC(=O)c3cncc(O)c3)CC2)c1OC. The van der Waals surface area contributed by atoms with E-state index in [-0.39, 0.29) is 23.8 Å². The second kappa shape index (κ2) is 8.62. The van der Waals surface area contributed by atoms with Crippen molar-refractivity contribution in [2.24, 2.45) is 0 Å². The van der Waals surface area contributed by atoms with E-state index in [0.29, 0.717) is 22.8 Å². The molecule has 27 heavy (non-hydrogen) atoms. The lowest BCUT2D eigenvalue weighted by Crippen LogP contribution is -2.39. The van der Waals surface area contributed by atoms with Crippen molar-refractivity contribution in [1.29, 1.82) is 0 Å². The Morgan fingerprint density at radius 2 is 1.85 bits per heavy atom. The van der Waals surface area contributed by atoms with Gasteiger partial charge in [0.2, 0.25) is 5.75 Å². The van der Waals surface area contributed by atoms with Crippen LogP contribution in [-0.2, 0) is 0 Å². The first-order valence-electron chi connectivity index (χ1n) is 8.93. The molecule has 7 heteroatoms. The minimum Gasteiger partial charge on any atom is -0.506 e. The Labute approximate surface area is 158 Å². The van der Waals surface area contributed by atoms with Crippen LogP contribution in [0.2, 0.25) is 0 Å². The van der Waals surface area contributed by atoms with Gasteiger partial charge in [-0.15, -0.1) is 0 Å². The number of pyridine rings is 1. The van der Waals surface area contributed by atoms with E-state index in [0.717, 1.165) is 25.7 Å². The van der Waals surface area contributed by atoms with Crippen molar-refractivity contribution in [3.63, 3.8) is 0 Å². The summed E-state index contributed by atoms with van der Waals surface area (Å²) in [7, 11) is 3.19. The number of carbonyl (C=O) groups is 1. The van der Waals surface area contributed by atoms with Gasteiger partial charge in [0.1, 0.15) is 5.75 Å². The Morgan fingerprint density at radius 3 is 2.52 bits per heavy atom. The Morgan fingerprint density at radius 1 is 1.11 bits per heavy atom. The molecule has 2 N–H and O–H groups in total. The van der Waals surface area contributed by atoms with Gasteiger partial charge in [-0.25, -0.2) is 0 Å². The summed E-state index contributed by atoms with van der Waals surface area (Å²) in [6.45, 7) is 0. The summed E-state index contributed by atoms with van der Waals surface area (Å²) in [6, 6.07) is 7.04. The molecule has 0 unspecified atom stereocenters. The van der Waals surface area contributed by atoms with Crippen LogP contribution >= 0.6 is 0 Å². The molecule has 0 atom stereocenters. The van der Waals surface area contributed by atoms with Crippen LogP contribution < -0.4 is 19.5 Å². The summed E-state index contributed by atoms with van der Waals surface area (Å²) in [5.41, 5.74) is 0.356. The maximum Gasteiger partial charge on any atom is 0.253 e. The van der Waals surface area contributed by atoms with Gasteiger partial charge in [0.15, 0.2) is 11.5 Å².